The Balaban J connectivity index is 1.30. The van der Waals surface area contributed by atoms with E-state index in [9.17, 15) is 0 Å². The normalized spacial score (nSPS) is 14.3. The average molecular weight is 622 g/mol. The number of benzene rings is 6. The van der Waals surface area contributed by atoms with Crippen LogP contribution in [0.25, 0.3) is 69.2 Å². The molecule has 3 nitrogen and oxygen atoms in total. The van der Waals surface area contributed by atoms with Crippen LogP contribution in [0.15, 0.2) is 155 Å². The summed E-state index contributed by atoms with van der Waals surface area (Å²) in [6.07, 6.45) is 10.6. The molecule has 2 aromatic heterocycles. The zero-order valence-corrected chi connectivity index (χ0v) is 26.7. The van der Waals surface area contributed by atoms with Crippen molar-refractivity contribution < 1.29 is 0 Å². The maximum Gasteiger partial charge on any atom is 0.115 e. The van der Waals surface area contributed by atoms with E-state index in [1.807, 2.05) is 29.5 Å². The fourth-order valence-electron chi connectivity index (χ4n) is 7.13. The molecule has 0 bridgehead atoms. The molecular weight excluding hydrogens is 591 g/mol. The van der Waals surface area contributed by atoms with Crippen molar-refractivity contribution in [2.24, 2.45) is 9.98 Å². The molecule has 0 saturated heterocycles. The lowest BCUT2D eigenvalue weighted by Gasteiger charge is -2.13. The summed E-state index contributed by atoms with van der Waals surface area (Å²) in [4.78, 5) is 9.80. The molecule has 0 radical (unpaired) electrons. The topological polar surface area (TPSA) is 29.6 Å². The molecule has 47 heavy (non-hydrogen) atoms. The number of aromatic nitrogens is 1. The smallest absolute Gasteiger partial charge is 0.115 e. The number of aliphatic imine (C=N–C) groups is 2. The largest absolute Gasteiger partial charge is 0.320 e. The highest BCUT2D eigenvalue weighted by atomic mass is 32.1. The molecular formula is C43H31N3S. The molecule has 2 heterocycles. The van der Waals surface area contributed by atoms with Crippen LogP contribution in [0.1, 0.15) is 18.4 Å². The number of fused-ring (bicyclic) bond motifs is 9. The van der Waals surface area contributed by atoms with E-state index in [0.717, 1.165) is 29.8 Å². The van der Waals surface area contributed by atoms with Crippen molar-refractivity contribution in [1.82, 2.24) is 4.57 Å². The van der Waals surface area contributed by atoms with E-state index in [0.29, 0.717) is 6.67 Å². The van der Waals surface area contributed by atoms with E-state index in [1.54, 1.807) is 0 Å². The second-order valence-electron chi connectivity index (χ2n) is 12.2. The van der Waals surface area contributed by atoms with Crippen LogP contribution in [0.4, 0.5) is 0 Å². The minimum Gasteiger partial charge on any atom is -0.320 e. The van der Waals surface area contributed by atoms with Crippen molar-refractivity contribution in [2.45, 2.75) is 19.5 Å². The highest BCUT2D eigenvalue weighted by Crippen LogP contribution is 2.42. The molecule has 1 aliphatic carbocycles. The van der Waals surface area contributed by atoms with Gasteiger partial charge in [-0.05, 0) is 83.1 Å². The Morgan fingerprint density at radius 1 is 0.723 bits per heavy atom. The maximum atomic E-state index is 5.37. The van der Waals surface area contributed by atoms with E-state index in [1.165, 1.54) is 69.1 Å². The number of rotatable bonds is 6. The summed E-state index contributed by atoms with van der Waals surface area (Å²) < 4.78 is 5.03. The fraction of sp³-hybridized carbons (Fsp3) is 0.0698. The van der Waals surface area contributed by atoms with Crippen LogP contribution in [0, 0.1) is 0 Å². The summed E-state index contributed by atoms with van der Waals surface area (Å²) in [7, 11) is 0. The van der Waals surface area contributed by atoms with Gasteiger partial charge in [0.05, 0.1) is 22.4 Å². The maximum absolute atomic E-state index is 5.37. The lowest BCUT2D eigenvalue weighted by Crippen LogP contribution is -2.06. The molecule has 0 saturated carbocycles. The van der Waals surface area contributed by atoms with Crippen LogP contribution in [0.3, 0.4) is 0 Å². The summed E-state index contributed by atoms with van der Waals surface area (Å²) in [5, 5.41) is 10.2. The standard InChI is InChI=1S/C43H31N3S/c1-44-37(29-13-4-2-5-14-29)26-38(30-15-6-3-7-16-30)45-27-46-39-21-20-28-12-10-11-19-33(28)43(39)36-25-42-35(24-40(36)46)34-22-31-17-8-9-18-32(31)23-41(34)47-42/h2-6,8-15,17-26H,1,7,16,27H2/b37-26-,45-38+. The van der Waals surface area contributed by atoms with Gasteiger partial charge in [-0.1, -0.05) is 103 Å². The van der Waals surface area contributed by atoms with Crippen molar-refractivity contribution in [3.05, 3.63) is 151 Å². The van der Waals surface area contributed by atoms with Crippen LogP contribution in [0.5, 0.6) is 0 Å². The predicted octanol–water partition coefficient (Wildman–Crippen LogP) is 11.9. The van der Waals surface area contributed by atoms with E-state index >= 15 is 0 Å². The van der Waals surface area contributed by atoms with Crippen molar-refractivity contribution in [3.8, 4) is 0 Å². The highest BCUT2D eigenvalue weighted by Gasteiger charge is 2.17. The second-order valence-corrected chi connectivity index (χ2v) is 13.3. The van der Waals surface area contributed by atoms with Gasteiger partial charge in [0.25, 0.3) is 0 Å². The monoisotopic (exact) mass is 621 g/mol. The van der Waals surface area contributed by atoms with Crippen molar-refractivity contribution in [1.29, 1.82) is 0 Å². The molecule has 0 amide bonds. The fourth-order valence-corrected chi connectivity index (χ4v) is 8.29. The molecule has 1 aliphatic rings. The number of allylic oxidation sites excluding steroid dienone is 5. The molecule has 0 unspecified atom stereocenters. The van der Waals surface area contributed by atoms with E-state index in [4.69, 9.17) is 4.99 Å². The molecule has 0 atom stereocenters. The molecule has 0 fully saturated rings. The van der Waals surface area contributed by atoms with Gasteiger partial charge in [0.15, 0.2) is 0 Å². The molecule has 0 N–H and O–H groups in total. The van der Waals surface area contributed by atoms with Gasteiger partial charge in [-0.15, -0.1) is 11.3 Å². The molecule has 9 rings (SSSR count). The molecule has 4 heteroatoms. The van der Waals surface area contributed by atoms with Gasteiger partial charge >= 0.3 is 0 Å². The molecule has 6 aromatic carbocycles. The Labute approximate surface area is 276 Å². The summed E-state index contributed by atoms with van der Waals surface area (Å²) in [5.74, 6) is 0. The lowest BCUT2D eigenvalue weighted by atomic mass is 9.98. The zero-order valence-electron chi connectivity index (χ0n) is 25.9. The first-order chi connectivity index (χ1) is 23.2. The summed E-state index contributed by atoms with van der Waals surface area (Å²) >= 11 is 1.88. The number of hydrogen-bond acceptors (Lipinski definition) is 3. The van der Waals surface area contributed by atoms with Crippen molar-refractivity contribution in [2.75, 3.05) is 0 Å². The van der Waals surface area contributed by atoms with Gasteiger partial charge in [0.2, 0.25) is 0 Å². The SMILES string of the molecule is C=N/C(=C\C(=N/Cn1c2cc3c(cc2c2c4ccccc4ccc21)sc1cc2ccccc2cc13)C1=CC=CCC1)c1ccccc1. The third kappa shape index (κ3) is 4.72. The van der Waals surface area contributed by atoms with E-state index < -0.39 is 0 Å². The average Bonchev–Trinajstić information content (AvgIpc) is 3.64. The van der Waals surface area contributed by atoms with Gasteiger partial charge in [0.1, 0.15) is 6.67 Å². The van der Waals surface area contributed by atoms with Crippen LogP contribution in [-0.2, 0) is 6.67 Å². The Hall–Kier alpha value is -5.58. The third-order valence-corrected chi connectivity index (χ3v) is 10.6. The van der Waals surface area contributed by atoms with Gasteiger partial charge < -0.3 is 4.57 Å². The van der Waals surface area contributed by atoms with Gasteiger partial charge in [-0.3, -0.25) is 9.98 Å². The number of thiophene rings is 1. The molecule has 8 aromatic rings. The Morgan fingerprint density at radius 3 is 2.28 bits per heavy atom. The van der Waals surface area contributed by atoms with Gasteiger partial charge in [-0.2, -0.15) is 0 Å². The highest BCUT2D eigenvalue weighted by molar-refractivity contribution is 7.26. The van der Waals surface area contributed by atoms with E-state index in [-0.39, 0.29) is 0 Å². The third-order valence-electron chi connectivity index (χ3n) is 9.45. The predicted molar refractivity (Wildman–Crippen MR) is 205 cm³/mol. The first kappa shape index (κ1) is 27.7. The number of hydrogen-bond donors (Lipinski definition) is 0. The summed E-state index contributed by atoms with van der Waals surface area (Å²) in [5.41, 5.74) is 6.42. The van der Waals surface area contributed by atoms with E-state index in [2.05, 4.69) is 138 Å². The van der Waals surface area contributed by atoms with Crippen LogP contribution < -0.4 is 0 Å². The van der Waals surface area contributed by atoms with Crippen molar-refractivity contribution >= 4 is 93.0 Å². The first-order valence-corrected chi connectivity index (χ1v) is 16.9. The Kier molecular flexibility index (Phi) is 6.69. The molecule has 0 spiro atoms. The summed E-state index contributed by atoms with van der Waals surface area (Å²) in [6, 6.07) is 41.7. The van der Waals surface area contributed by atoms with Gasteiger partial charge in [0, 0.05) is 36.5 Å². The van der Waals surface area contributed by atoms with Crippen LogP contribution in [-0.4, -0.2) is 17.0 Å². The minimum atomic E-state index is 0.487. The number of nitrogens with zero attached hydrogens (tertiary/aromatic N) is 3. The van der Waals surface area contributed by atoms with Crippen LogP contribution >= 0.6 is 11.3 Å². The second kappa shape index (κ2) is 11.3. The zero-order chi connectivity index (χ0) is 31.3. The van der Waals surface area contributed by atoms with Gasteiger partial charge in [-0.25, -0.2) is 0 Å². The lowest BCUT2D eigenvalue weighted by molar-refractivity contribution is 0.792. The Bertz CT molecular complexity index is 2660. The Morgan fingerprint density at radius 2 is 1.47 bits per heavy atom. The molecule has 0 aliphatic heterocycles. The quantitative estimate of drug-likeness (QED) is 0.165. The summed E-state index contributed by atoms with van der Waals surface area (Å²) in [6.45, 7) is 4.40. The van der Waals surface area contributed by atoms with Crippen LogP contribution in [0.2, 0.25) is 0 Å². The van der Waals surface area contributed by atoms with Crippen molar-refractivity contribution in [3.63, 3.8) is 0 Å². The molecule has 224 valence electrons. The minimum absolute atomic E-state index is 0.487. The first-order valence-electron chi connectivity index (χ1n) is 16.1.